The van der Waals surface area contributed by atoms with Crippen LogP contribution in [0.5, 0.6) is 0 Å². The number of aliphatic hydroxyl groups is 1. The Balaban J connectivity index is 2.44. The van der Waals surface area contributed by atoms with E-state index in [1.165, 1.54) is 6.92 Å². The van der Waals surface area contributed by atoms with Gasteiger partial charge in [0.25, 0.3) is 10.0 Å². The lowest BCUT2D eigenvalue weighted by atomic mass is 10.2. The number of halogens is 1. The predicted octanol–water partition coefficient (Wildman–Crippen LogP) is 0.662. The fraction of sp³-hybridized carbons (Fsp3) is 0.167. The van der Waals surface area contributed by atoms with E-state index < -0.39 is 22.4 Å². The Bertz CT molecular complexity index is 821. The lowest BCUT2D eigenvalue weighted by molar-refractivity contribution is 0.350. The second-order valence-corrected chi connectivity index (χ2v) is 5.50. The monoisotopic (exact) mass is 311 g/mol. The topological polar surface area (TPSA) is 105 Å². The molecule has 9 heteroatoms. The molecule has 1 aromatic carbocycles. The van der Waals surface area contributed by atoms with Gasteiger partial charge < -0.3 is 9.63 Å². The molecule has 21 heavy (non-hydrogen) atoms. The third-order valence-corrected chi connectivity index (χ3v) is 3.66. The van der Waals surface area contributed by atoms with E-state index in [2.05, 4.69) is 31.2 Å². The van der Waals surface area contributed by atoms with Gasteiger partial charge >= 0.3 is 6.01 Å². The van der Waals surface area contributed by atoms with Gasteiger partial charge in [0, 0.05) is 5.56 Å². The van der Waals surface area contributed by atoms with Gasteiger partial charge in [0.2, 0.25) is 0 Å². The molecule has 2 N–H and O–H groups in total. The number of benzene rings is 1. The van der Waals surface area contributed by atoms with Crippen molar-refractivity contribution in [2.75, 3.05) is 11.3 Å². The van der Waals surface area contributed by atoms with Gasteiger partial charge in [-0.2, -0.15) is 4.98 Å². The van der Waals surface area contributed by atoms with Crippen molar-refractivity contribution >= 4 is 16.0 Å². The highest BCUT2D eigenvalue weighted by atomic mass is 32.2. The van der Waals surface area contributed by atoms with E-state index >= 15 is 0 Å². The number of aromatic nitrogens is 2. The maximum absolute atomic E-state index is 13.2. The van der Waals surface area contributed by atoms with Crippen LogP contribution >= 0.6 is 0 Å². The molecule has 0 aliphatic rings. The standard InChI is InChI=1S/C12H10FN3O4S/c1-8-14-12(20-15-8)16-21(18,19)11-5-4-10(13)7-9(11)3-2-6-17/h4-5,7,17H,6H2,1H3,(H,14,15,16). The van der Waals surface area contributed by atoms with Crippen molar-refractivity contribution in [3.63, 3.8) is 0 Å². The van der Waals surface area contributed by atoms with Gasteiger partial charge in [0.1, 0.15) is 17.3 Å². The van der Waals surface area contributed by atoms with E-state index in [0.717, 1.165) is 18.2 Å². The first-order valence-electron chi connectivity index (χ1n) is 5.65. The molecule has 2 rings (SSSR count). The molecule has 0 spiro atoms. The summed E-state index contributed by atoms with van der Waals surface area (Å²) in [6.07, 6.45) is 0. The SMILES string of the molecule is Cc1noc(NS(=O)(=O)c2ccc(F)cc2C#CCO)n1. The summed E-state index contributed by atoms with van der Waals surface area (Å²) >= 11 is 0. The quantitative estimate of drug-likeness (QED) is 0.807. The van der Waals surface area contributed by atoms with E-state index in [1.807, 2.05) is 0 Å². The van der Waals surface area contributed by atoms with Gasteiger partial charge in [0.15, 0.2) is 5.82 Å². The summed E-state index contributed by atoms with van der Waals surface area (Å²) < 4.78 is 44.4. The van der Waals surface area contributed by atoms with Gasteiger partial charge in [-0.05, 0) is 25.1 Å². The van der Waals surface area contributed by atoms with Gasteiger partial charge in [-0.25, -0.2) is 17.5 Å². The largest absolute Gasteiger partial charge is 0.384 e. The van der Waals surface area contributed by atoms with Crippen LogP contribution in [0.4, 0.5) is 10.4 Å². The van der Waals surface area contributed by atoms with Gasteiger partial charge in [0.05, 0.1) is 0 Å². The van der Waals surface area contributed by atoms with Crippen LogP contribution in [0.2, 0.25) is 0 Å². The third-order valence-electron chi connectivity index (χ3n) is 2.28. The number of hydrogen-bond donors (Lipinski definition) is 2. The number of aryl methyl sites for hydroxylation is 1. The Morgan fingerprint density at radius 3 is 2.86 bits per heavy atom. The van der Waals surface area contributed by atoms with Crippen molar-refractivity contribution in [2.24, 2.45) is 0 Å². The summed E-state index contributed by atoms with van der Waals surface area (Å²) in [5, 5.41) is 12.1. The Hall–Kier alpha value is -2.44. The maximum Gasteiger partial charge on any atom is 0.335 e. The first-order chi connectivity index (χ1) is 9.92. The highest BCUT2D eigenvalue weighted by Gasteiger charge is 2.21. The Kier molecular flexibility index (Phi) is 4.21. The molecule has 0 radical (unpaired) electrons. The molecule has 110 valence electrons. The number of nitrogens with zero attached hydrogens (tertiary/aromatic N) is 2. The highest BCUT2D eigenvalue weighted by Crippen LogP contribution is 2.19. The number of aliphatic hydroxyl groups excluding tert-OH is 1. The second-order valence-electron chi connectivity index (χ2n) is 3.85. The Labute approximate surface area is 119 Å². The van der Waals surface area contributed by atoms with Gasteiger partial charge in [-0.15, -0.1) is 0 Å². The zero-order valence-corrected chi connectivity index (χ0v) is 11.6. The molecule has 2 aromatic rings. The first kappa shape index (κ1) is 15.0. The predicted molar refractivity (Wildman–Crippen MR) is 70.2 cm³/mol. The molecule has 0 bridgehead atoms. The maximum atomic E-state index is 13.2. The number of rotatable bonds is 3. The van der Waals surface area contributed by atoms with Crippen molar-refractivity contribution < 1.29 is 22.4 Å². The molecular weight excluding hydrogens is 301 g/mol. The molecule has 0 saturated carbocycles. The van der Waals surface area contributed by atoms with Crippen LogP contribution in [-0.4, -0.2) is 30.3 Å². The summed E-state index contributed by atoms with van der Waals surface area (Å²) in [7, 11) is -4.07. The van der Waals surface area contributed by atoms with E-state index in [-0.39, 0.29) is 22.3 Å². The van der Waals surface area contributed by atoms with E-state index in [9.17, 15) is 12.8 Å². The lowest BCUT2D eigenvalue weighted by Gasteiger charge is -2.06. The normalized spacial score (nSPS) is 10.8. The highest BCUT2D eigenvalue weighted by molar-refractivity contribution is 7.92. The fourth-order valence-electron chi connectivity index (χ4n) is 1.48. The van der Waals surface area contributed by atoms with Crippen LogP contribution in [0, 0.1) is 24.6 Å². The van der Waals surface area contributed by atoms with Crippen LogP contribution in [0.3, 0.4) is 0 Å². The van der Waals surface area contributed by atoms with Crippen molar-refractivity contribution in [3.8, 4) is 11.8 Å². The minimum Gasteiger partial charge on any atom is -0.384 e. The molecule has 0 fully saturated rings. The van der Waals surface area contributed by atoms with Crippen molar-refractivity contribution in [2.45, 2.75) is 11.8 Å². The van der Waals surface area contributed by atoms with Crippen molar-refractivity contribution in [1.29, 1.82) is 0 Å². The van der Waals surface area contributed by atoms with Crippen LogP contribution in [-0.2, 0) is 10.0 Å². The summed E-state index contributed by atoms with van der Waals surface area (Å²) in [6, 6.07) is 2.69. The average molecular weight is 311 g/mol. The van der Waals surface area contributed by atoms with Gasteiger partial charge in [-0.3, -0.25) is 0 Å². The van der Waals surface area contributed by atoms with Crippen molar-refractivity contribution in [1.82, 2.24) is 10.1 Å². The summed E-state index contributed by atoms with van der Waals surface area (Å²) in [5.41, 5.74) is -0.0900. The van der Waals surface area contributed by atoms with E-state index in [1.54, 1.807) is 0 Å². The smallest absolute Gasteiger partial charge is 0.335 e. The number of sulfonamides is 1. The number of anilines is 1. The zero-order valence-electron chi connectivity index (χ0n) is 10.8. The molecule has 1 aromatic heterocycles. The van der Waals surface area contributed by atoms with Crippen molar-refractivity contribution in [3.05, 3.63) is 35.4 Å². The molecule has 1 heterocycles. The molecule has 0 aliphatic carbocycles. The summed E-state index contributed by atoms with van der Waals surface area (Å²) in [5.74, 6) is 4.25. The number of hydrogen-bond acceptors (Lipinski definition) is 6. The van der Waals surface area contributed by atoms with Crippen LogP contribution in [0.1, 0.15) is 11.4 Å². The molecule has 0 aliphatic heterocycles. The molecule has 0 unspecified atom stereocenters. The minimum atomic E-state index is -4.07. The van der Waals surface area contributed by atoms with Crippen LogP contribution in [0.15, 0.2) is 27.6 Å². The van der Waals surface area contributed by atoms with Crippen LogP contribution < -0.4 is 4.72 Å². The molecule has 7 nitrogen and oxygen atoms in total. The third kappa shape index (κ3) is 3.56. The molecular formula is C12H10FN3O4S. The number of nitrogens with one attached hydrogen (secondary N) is 1. The Morgan fingerprint density at radius 2 is 2.24 bits per heavy atom. The average Bonchev–Trinajstić information content (AvgIpc) is 2.80. The van der Waals surface area contributed by atoms with E-state index in [4.69, 9.17) is 5.11 Å². The summed E-state index contributed by atoms with van der Waals surface area (Å²) in [4.78, 5) is 3.45. The fourth-order valence-corrected chi connectivity index (χ4v) is 2.55. The van der Waals surface area contributed by atoms with Gasteiger partial charge in [-0.1, -0.05) is 17.0 Å². The molecule has 0 atom stereocenters. The zero-order chi connectivity index (χ0) is 15.5. The molecule has 0 amide bonds. The minimum absolute atomic E-state index is 0.0900. The first-order valence-corrected chi connectivity index (χ1v) is 7.13. The van der Waals surface area contributed by atoms with Crippen LogP contribution in [0.25, 0.3) is 0 Å². The Morgan fingerprint density at radius 1 is 1.48 bits per heavy atom. The van der Waals surface area contributed by atoms with E-state index in [0.29, 0.717) is 0 Å². The molecule has 0 saturated heterocycles. The second kappa shape index (κ2) is 5.90. The lowest BCUT2D eigenvalue weighted by Crippen LogP contribution is -2.15. The summed E-state index contributed by atoms with van der Waals surface area (Å²) in [6.45, 7) is 1.05.